The van der Waals surface area contributed by atoms with Crippen LogP contribution < -0.4 is 10.2 Å². The van der Waals surface area contributed by atoms with E-state index in [1.54, 1.807) is 6.07 Å². The van der Waals surface area contributed by atoms with Crippen molar-refractivity contribution in [3.8, 4) is 0 Å². The highest BCUT2D eigenvalue weighted by Gasteiger charge is 2.56. The molecule has 2 saturated heterocycles. The minimum atomic E-state index is -4.30. The van der Waals surface area contributed by atoms with E-state index >= 15 is 0 Å². The Kier molecular flexibility index (Phi) is 4.60. The molecule has 2 aliphatic rings. The predicted octanol–water partition coefficient (Wildman–Crippen LogP) is 4.48. The van der Waals surface area contributed by atoms with E-state index in [1.807, 2.05) is 18.2 Å². The molecule has 1 atom stereocenters. The van der Waals surface area contributed by atoms with Gasteiger partial charge in [0.05, 0.1) is 11.5 Å². The summed E-state index contributed by atoms with van der Waals surface area (Å²) in [6.07, 6.45) is -2.05. The number of urea groups is 1. The lowest BCUT2D eigenvalue weighted by Gasteiger charge is -2.36. The van der Waals surface area contributed by atoms with Crippen molar-refractivity contribution in [2.75, 3.05) is 29.9 Å². The second-order valence-corrected chi connectivity index (χ2v) is 7.36. The maximum atomic E-state index is 13.2. The zero-order valence-corrected chi connectivity index (χ0v) is 14.6. The van der Waals surface area contributed by atoms with Crippen molar-refractivity contribution >= 4 is 17.4 Å². The third-order valence-corrected chi connectivity index (χ3v) is 5.40. The average molecular weight is 355 g/mol. The zero-order chi connectivity index (χ0) is 18.2. The van der Waals surface area contributed by atoms with Crippen molar-refractivity contribution < 1.29 is 18.0 Å². The van der Waals surface area contributed by atoms with E-state index < -0.39 is 23.7 Å². The van der Waals surface area contributed by atoms with Crippen LogP contribution in [-0.2, 0) is 0 Å². The molecule has 25 heavy (non-hydrogen) atoms. The molecule has 2 heterocycles. The van der Waals surface area contributed by atoms with Gasteiger partial charge in [-0.05, 0) is 51.3 Å². The van der Waals surface area contributed by atoms with E-state index in [0.29, 0.717) is 5.69 Å². The molecule has 2 fully saturated rings. The largest absolute Gasteiger partial charge is 0.394 e. The van der Waals surface area contributed by atoms with Crippen LogP contribution in [0.3, 0.4) is 0 Å². The first-order valence-electron chi connectivity index (χ1n) is 8.70. The van der Waals surface area contributed by atoms with Crippen LogP contribution >= 0.6 is 0 Å². The Labute approximate surface area is 146 Å². The van der Waals surface area contributed by atoms with Crippen LogP contribution in [0, 0.1) is 5.92 Å². The lowest BCUT2D eigenvalue weighted by atomic mass is 9.88. The third kappa shape index (κ3) is 3.55. The lowest BCUT2D eigenvalue weighted by molar-refractivity contribution is -0.189. The highest BCUT2D eigenvalue weighted by atomic mass is 19.4. The Bertz CT molecular complexity index is 639. The van der Waals surface area contributed by atoms with Gasteiger partial charge >= 0.3 is 12.2 Å². The summed E-state index contributed by atoms with van der Waals surface area (Å²) < 4.78 is 39.5. The summed E-state index contributed by atoms with van der Waals surface area (Å²) in [5.74, 6) is -1.50. The highest BCUT2D eigenvalue weighted by molar-refractivity contribution is 5.90. The molecule has 0 radical (unpaired) electrons. The second kappa shape index (κ2) is 6.42. The quantitative estimate of drug-likeness (QED) is 0.849. The smallest absolute Gasteiger partial charge is 0.371 e. The van der Waals surface area contributed by atoms with Crippen LogP contribution in [0.2, 0.25) is 0 Å². The number of amides is 2. The van der Waals surface area contributed by atoms with Crippen molar-refractivity contribution in [2.45, 2.75) is 44.8 Å². The summed E-state index contributed by atoms with van der Waals surface area (Å²) in [6, 6.07) is 7.02. The number of carbonyl (C=O) groups is 1. The van der Waals surface area contributed by atoms with Gasteiger partial charge in [0, 0.05) is 31.0 Å². The number of benzene rings is 1. The fraction of sp³-hybridized carbons (Fsp3) is 0.611. The monoisotopic (exact) mass is 355 g/mol. The van der Waals surface area contributed by atoms with Crippen molar-refractivity contribution in [1.29, 1.82) is 0 Å². The first kappa shape index (κ1) is 17.9. The SMILES string of the molecule is CC1(C)C(C(F)(F)F)CCN1C(=O)Nc1cccc(N2CCCC2)c1. The number of carbonyl (C=O) groups excluding carboxylic acids is 1. The number of nitrogens with zero attached hydrogens (tertiary/aromatic N) is 2. The summed E-state index contributed by atoms with van der Waals surface area (Å²) in [7, 11) is 0. The molecule has 0 aromatic heterocycles. The minimum Gasteiger partial charge on any atom is -0.371 e. The van der Waals surface area contributed by atoms with Gasteiger partial charge in [0.25, 0.3) is 0 Å². The molecule has 3 rings (SSSR count). The minimum absolute atomic E-state index is 0.0578. The van der Waals surface area contributed by atoms with E-state index in [0.717, 1.165) is 31.6 Å². The molecule has 0 bridgehead atoms. The molecule has 1 aromatic rings. The summed E-state index contributed by atoms with van der Waals surface area (Å²) in [5.41, 5.74) is 0.388. The Morgan fingerprint density at radius 1 is 1.20 bits per heavy atom. The summed E-state index contributed by atoms with van der Waals surface area (Å²) in [5, 5.41) is 2.77. The molecule has 138 valence electrons. The van der Waals surface area contributed by atoms with Gasteiger partial charge in [-0.25, -0.2) is 4.79 Å². The number of hydrogen-bond donors (Lipinski definition) is 1. The second-order valence-electron chi connectivity index (χ2n) is 7.36. The average Bonchev–Trinajstić information content (AvgIpc) is 3.13. The topological polar surface area (TPSA) is 35.6 Å². The first-order chi connectivity index (χ1) is 11.7. The van der Waals surface area contributed by atoms with Crippen molar-refractivity contribution in [3.05, 3.63) is 24.3 Å². The molecule has 2 amide bonds. The molecule has 7 heteroatoms. The Hall–Kier alpha value is -1.92. The molecular formula is C18H24F3N3O. The summed E-state index contributed by atoms with van der Waals surface area (Å²) in [4.78, 5) is 16.1. The maximum Gasteiger partial charge on any atom is 0.394 e. The van der Waals surface area contributed by atoms with Crippen LogP contribution in [0.25, 0.3) is 0 Å². The fourth-order valence-corrected chi connectivity index (χ4v) is 3.96. The number of nitrogens with one attached hydrogen (secondary N) is 1. The molecule has 0 saturated carbocycles. The molecule has 0 aliphatic carbocycles. The Balaban J connectivity index is 1.71. The first-order valence-corrected chi connectivity index (χ1v) is 8.70. The van der Waals surface area contributed by atoms with E-state index in [9.17, 15) is 18.0 Å². The van der Waals surface area contributed by atoms with E-state index in [-0.39, 0.29) is 13.0 Å². The van der Waals surface area contributed by atoms with E-state index in [4.69, 9.17) is 0 Å². The van der Waals surface area contributed by atoms with Gasteiger partial charge in [0.1, 0.15) is 0 Å². The van der Waals surface area contributed by atoms with Gasteiger partial charge in [-0.2, -0.15) is 13.2 Å². The summed E-state index contributed by atoms with van der Waals surface area (Å²) in [6.45, 7) is 5.05. The van der Waals surface area contributed by atoms with E-state index in [2.05, 4.69) is 10.2 Å². The standard InChI is InChI=1S/C18H24F3N3O/c1-17(2)15(18(19,20)21)8-11-24(17)16(25)22-13-6-5-7-14(12-13)23-9-3-4-10-23/h5-7,12,15H,3-4,8-11H2,1-2H3,(H,22,25). The van der Waals surface area contributed by atoms with Gasteiger partial charge in [-0.3, -0.25) is 0 Å². The predicted molar refractivity (Wildman–Crippen MR) is 91.9 cm³/mol. The molecule has 2 aliphatic heterocycles. The molecule has 0 spiro atoms. The zero-order valence-electron chi connectivity index (χ0n) is 14.6. The number of anilines is 2. The number of likely N-dealkylation sites (tertiary alicyclic amines) is 1. The number of alkyl halides is 3. The van der Waals surface area contributed by atoms with Gasteiger partial charge in [-0.1, -0.05) is 6.07 Å². The number of rotatable bonds is 2. The lowest BCUT2D eigenvalue weighted by Crippen LogP contribution is -2.51. The van der Waals surface area contributed by atoms with E-state index in [1.165, 1.54) is 18.7 Å². The number of halogens is 3. The van der Waals surface area contributed by atoms with Gasteiger partial charge in [-0.15, -0.1) is 0 Å². The molecule has 1 aromatic carbocycles. The van der Waals surface area contributed by atoms with Gasteiger partial charge in [0.2, 0.25) is 0 Å². The normalized spacial score (nSPS) is 23.2. The van der Waals surface area contributed by atoms with Crippen LogP contribution in [-0.4, -0.2) is 42.3 Å². The molecule has 1 N–H and O–H groups in total. The van der Waals surface area contributed by atoms with Gasteiger partial charge < -0.3 is 15.1 Å². The molecule has 1 unspecified atom stereocenters. The fourth-order valence-electron chi connectivity index (χ4n) is 3.96. The maximum absolute atomic E-state index is 13.2. The van der Waals surface area contributed by atoms with Crippen LogP contribution in [0.4, 0.5) is 29.3 Å². The van der Waals surface area contributed by atoms with Crippen LogP contribution in [0.1, 0.15) is 33.1 Å². The van der Waals surface area contributed by atoms with Gasteiger partial charge in [0.15, 0.2) is 0 Å². The van der Waals surface area contributed by atoms with Crippen molar-refractivity contribution in [1.82, 2.24) is 4.90 Å². The molecular weight excluding hydrogens is 331 g/mol. The Morgan fingerprint density at radius 2 is 1.88 bits per heavy atom. The summed E-state index contributed by atoms with van der Waals surface area (Å²) >= 11 is 0. The van der Waals surface area contributed by atoms with Crippen molar-refractivity contribution in [3.63, 3.8) is 0 Å². The Morgan fingerprint density at radius 3 is 2.48 bits per heavy atom. The highest BCUT2D eigenvalue weighted by Crippen LogP contribution is 2.44. The van der Waals surface area contributed by atoms with Crippen LogP contribution in [0.15, 0.2) is 24.3 Å². The third-order valence-electron chi connectivity index (χ3n) is 5.40. The van der Waals surface area contributed by atoms with Crippen molar-refractivity contribution in [2.24, 2.45) is 5.92 Å². The number of hydrogen-bond acceptors (Lipinski definition) is 2. The molecule has 4 nitrogen and oxygen atoms in total. The van der Waals surface area contributed by atoms with Crippen LogP contribution in [0.5, 0.6) is 0 Å².